The standard InChI is InChI=1S/C12H11N3O3S/c1-8-13-10(7-19-8)6-12(16)14-9-2-4-11(5-3-9)15(17)18/h2-5,7H,6H2,1H3,(H,14,16). The molecule has 1 aromatic heterocycles. The fraction of sp³-hybridized carbons (Fsp3) is 0.167. The van der Waals surface area contributed by atoms with Crippen LogP contribution in [0.4, 0.5) is 11.4 Å². The second kappa shape index (κ2) is 5.57. The van der Waals surface area contributed by atoms with Crippen molar-refractivity contribution in [3.63, 3.8) is 0 Å². The fourth-order valence-electron chi connectivity index (χ4n) is 1.53. The molecular weight excluding hydrogens is 266 g/mol. The van der Waals surface area contributed by atoms with Gasteiger partial charge in [-0.25, -0.2) is 4.98 Å². The summed E-state index contributed by atoms with van der Waals surface area (Å²) in [6.07, 6.45) is 0.196. The first kappa shape index (κ1) is 13.2. The largest absolute Gasteiger partial charge is 0.326 e. The van der Waals surface area contributed by atoms with Crippen LogP contribution in [-0.4, -0.2) is 15.8 Å². The highest BCUT2D eigenvalue weighted by Crippen LogP contribution is 2.16. The van der Waals surface area contributed by atoms with Crippen LogP contribution < -0.4 is 5.32 Å². The molecule has 0 atom stereocenters. The van der Waals surface area contributed by atoms with Gasteiger partial charge in [-0.3, -0.25) is 14.9 Å². The zero-order chi connectivity index (χ0) is 13.8. The van der Waals surface area contributed by atoms with Crippen molar-refractivity contribution in [1.29, 1.82) is 0 Å². The van der Waals surface area contributed by atoms with E-state index in [1.165, 1.54) is 35.6 Å². The molecule has 0 saturated heterocycles. The molecule has 0 aliphatic rings. The van der Waals surface area contributed by atoms with Gasteiger partial charge in [0.2, 0.25) is 5.91 Å². The number of carbonyl (C=O) groups excluding carboxylic acids is 1. The second-order valence-corrected chi connectivity index (χ2v) is 4.95. The van der Waals surface area contributed by atoms with Crippen molar-refractivity contribution in [3.8, 4) is 0 Å². The summed E-state index contributed by atoms with van der Waals surface area (Å²) in [6, 6.07) is 5.70. The Morgan fingerprint density at radius 1 is 1.42 bits per heavy atom. The normalized spacial score (nSPS) is 10.2. The SMILES string of the molecule is Cc1nc(CC(=O)Nc2ccc([N+](=O)[O-])cc2)cs1. The van der Waals surface area contributed by atoms with Gasteiger partial charge in [-0.2, -0.15) is 0 Å². The van der Waals surface area contributed by atoms with E-state index in [2.05, 4.69) is 10.3 Å². The van der Waals surface area contributed by atoms with Gasteiger partial charge in [-0.1, -0.05) is 0 Å². The van der Waals surface area contributed by atoms with Gasteiger partial charge in [0.1, 0.15) is 0 Å². The van der Waals surface area contributed by atoms with Crippen molar-refractivity contribution in [3.05, 3.63) is 50.5 Å². The van der Waals surface area contributed by atoms with E-state index in [1.807, 2.05) is 12.3 Å². The Morgan fingerprint density at radius 3 is 2.63 bits per heavy atom. The van der Waals surface area contributed by atoms with Crippen LogP contribution in [0.25, 0.3) is 0 Å². The molecule has 1 amide bonds. The minimum absolute atomic E-state index is 0.00637. The van der Waals surface area contributed by atoms with Crippen LogP contribution in [0, 0.1) is 17.0 Å². The number of benzene rings is 1. The molecule has 19 heavy (non-hydrogen) atoms. The lowest BCUT2D eigenvalue weighted by Crippen LogP contribution is -2.14. The first-order valence-corrected chi connectivity index (χ1v) is 6.38. The highest BCUT2D eigenvalue weighted by molar-refractivity contribution is 7.09. The number of aryl methyl sites for hydroxylation is 1. The smallest absolute Gasteiger partial charge is 0.269 e. The number of nitrogens with zero attached hydrogens (tertiary/aromatic N) is 2. The highest BCUT2D eigenvalue weighted by atomic mass is 32.1. The van der Waals surface area contributed by atoms with E-state index in [0.717, 1.165) is 10.7 Å². The van der Waals surface area contributed by atoms with Gasteiger partial charge >= 0.3 is 0 Å². The molecular formula is C12H11N3O3S. The van der Waals surface area contributed by atoms with Crippen LogP contribution in [0.1, 0.15) is 10.7 Å². The number of thiazole rings is 1. The Labute approximate surface area is 113 Å². The number of rotatable bonds is 4. The number of non-ortho nitro benzene ring substituents is 1. The number of nitro groups is 1. The third-order valence-corrected chi connectivity index (χ3v) is 3.19. The minimum atomic E-state index is -0.482. The molecule has 0 bridgehead atoms. The van der Waals surface area contributed by atoms with Crippen LogP contribution in [0.5, 0.6) is 0 Å². The molecule has 0 aliphatic heterocycles. The average molecular weight is 277 g/mol. The van der Waals surface area contributed by atoms with Gasteiger partial charge in [0.15, 0.2) is 0 Å². The molecule has 98 valence electrons. The summed E-state index contributed by atoms with van der Waals surface area (Å²) in [5, 5.41) is 15.9. The summed E-state index contributed by atoms with van der Waals surface area (Å²) < 4.78 is 0. The topological polar surface area (TPSA) is 85.1 Å². The maximum atomic E-state index is 11.7. The molecule has 0 aliphatic carbocycles. The summed E-state index contributed by atoms with van der Waals surface area (Å²) in [6.45, 7) is 1.88. The number of anilines is 1. The lowest BCUT2D eigenvalue weighted by atomic mass is 10.2. The van der Waals surface area contributed by atoms with E-state index in [9.17, 15) is 14.9 Å². The molecule has 0 spiro atoms. The van der Waals surface area contributed by atoms with E-state index in [0.29, 0.717) is 5.69 Å². The zero-order valence-corrected chi connectivity index (χ0v) is 10.9. The van der Waals surface area contributed by atoms with Crippen molar-refractivity contribution < 1.29 is 9.72 Å². The Hall–Kier alpha value is -2.28. The van der Waals surface area contributed by atoms with E-state index in [-0.39, 0.29) is 18.0 Å². The predicted molar refractivity (Wildman–Crippen MR) is 72.3 cm³/mol. The molecule has 6 nitrogen and oxygen atoms in total. The number of nitro benzene ring substituents is 1. The summed E-state index contributed by atoms with van der Waals surface area (Å²) in [7, 11) is 0. The Balaban J connectivity index is 1.97. The van der Waals surface area contributed by atoms with Crippen LogP contribution in [0.3, 0.4) is 0 Å². The number of carbonyl (C=O) groups is 1. The molecule has 7 heteroatoms. The van der Waals surface area contributed by atoms with Crippen molar-refractivity contribution in [2.45, 2.75) is 13.3 Å². The van der Waals surface area contributed by atoms with E-state index in [4.69, 9.17) is 0 Å². The number of nitrogens with one attached hydrogen (secondary N) is 1. The quantitative estimate of drug-likeness (QED) is 0.687. The minimum Gasteiger partial charge on any atom is -0.326 e. The number of hydrogen-bond donors (Lipinski definition) is 1. The second-order valence-electron chi connectivity index (χ2n) is 3.89. The van der Waals surface area contributed by atoms with Crippen LogP contribution in [-0.2, 0) is 11.2 Å². The molecule has 2 rings (SSSR count). The Morgan fingerprint density at radius 2 is 2.11 bits per heavy atom. The van der Waals surface area contributed by atoms with Gasteiger partial charge in [0.25, 0.3) is 5.69 Å². The van der Waals surface area contributed by atoms with Crippen molar-refractivity contribution >= 4 is 28.6 Å². The number of amides is 1. The fourth-order valence-corrected chi connectivity index (χ4v) is 2.14. The Bertz CT molecular complexity index is 607. The van der Waals surface area contributed by atoms with Crippen LogP contribution in [0.2, 0.25) is 0 Å². The molecule has 0 saturated carbocycles. The summed E-state index contributed by atoms with van der Waals surface area (Å²) in [4.78, 5) is 25.9. The van der Waals surface area contributed by atoms with Gasteiger partial charge in [0, 0.05) is 23.2 Å². The van der Waals surface area contributed by atoms with E-state index < -0.39 is 4.92 Å². The lowest BCUT2D eigenvalue weighted by molar-refractivity contribution is -0.384. The Kier molecular flexibility index (Phi) is 3.86. The summed E-state index contributed by atoms with van der Waals surface area (Å²) in [5.41, 5.74) is 1.25. The molecule has 1 N–H and O–H groups in total. The zero-order valence-electron chi connectivity index (χ0n) is 10.1. The molecule has 0 unspecified atom stereocenters. The maximum absolute atomic E-state index is 11.7. The molecule has 0 fully saturated rings. The monoisotopic (exact) mass is 277 g/mol. The van der Waals surface area contributed by atoms with Crippen LogP contribution >= 0.6 is 11.3 Å². The van der Waals surface area contributed by atoms with Gasteiger partial charge in [0.05, 0.1) is 22.0 Å². The molecule has 1 heterocycles. The predicted octanol–water partition coefficient (Wildman–Crippen LogP) is 2.54. The summed E-state index contributed by atoms with van der Waals surface area (Å²) >= 11 is 1.49. The first-order valence-electron chi connectivity index (χ1n) is 5.50. The summed E-state index contributed by atoms with van der Waals surface area (Å²) in [5.74, 6) is -0.195. The lowest BCUT2D eigenvalue weighted by Gasteiger charge is -2.03. The van der Waals surface area contributed by atoms with Crippen molar-refractivity contribution in [2.75, 3.05) is 5.32 Å². The van der Waals surface area contributed by atoms with Gasteiger partial charge in [-0.05, 0) is 19.1 Å². The van der Waals surface area contributed by atoms with Crippen molar-refractivity contribution in [2.24, 2.45) is 0 Å². The third kappa shape index (κ3) is 3.59. The molecule has 1 aromatic carbocycles. The van der Waals surface area contributed by atoms with E-state index in [1.54, 1.807) is 0 Å². The first-order chi connectivity index (χ1) is 9.04. The number of hydrogen-bond acceptors (Lipinski definition) is 5. The van der Waals surface area contributed by atoms with Crippen molar-refractivity contribution in [1.82, 2.24) is 4.98 Å². The number of aromatic nitrogens is 1. The average Bonchev–Trinajstić information content (AvgIpc) is 2.75. The van der Waals surface area contributed by atoms with E-state index >= 15 is 0 Å². The third-order valence-electron chi connectivity index (χ3n) is 2.37. The molecule has 0 radical (unpaired) electrons. The van der Waals surface area contributed by atoms with Gasteiger partial charge < -0.3 is 5.32 Å². The maximum Gasteiger partial charge on any atom is 0.269 e. The van der Waals surface area contributed by atoms with Crippen LogP contribution in [0.15, 0.2) is 29.6 Å². The van der Waals surface area contributed by atoms with Gasteiger partial charge in [-0.15, -0.1) is 11.3 Å². The molecule has 2 aromatic rings. The highest BCUT2D eigenvalue weighted by Gasteiger charge is 2.08.